The van der Waals surface area contributed by atoms with Gasteiger partial charge in [0, 0.05) is 43.5 Å². The van der Waals surface area contributed by atoms with Crippen LogP contribution in [0.25, 0.3) is 0 Å². The quantitative estimate of drug-likeness (QED) is 0.504. The largest absolute Gasteiger partial charge is 0.386 e. The highest BCUT2D eigenvalue weighted by molar-refractivity contribution is 8.00. The Kier molecular flexibility index (Phi) is 6.91. The van der Waals surface area contributed by atoms with Crippen LogP contribution in [0.4, 0.5) is 22.7 Å². The molecule has 0 saturated carbocycles. The zero-order valence-electron chi connectivity index (χ0n) is 16.8. The van der Waals surface area contributed by atoms with Crippen LogP contribution < -0.4 is 14.9 Å². The average Bonchev–Trinajstić information content (AvgIpc) is 2.60. The second kappa shape index (κ2) is 8.95. The lowest BCUT2D eigenvalue weighted by Gasteiger charge is -2.20. The number of hydrogen-bond acceptors (Lipinski definition) is 5. The number of rotatable bonds is 6. The highest BCUT2D eigenvalue weighted by atomic mass is 32.2. The van der Waals surface area contributed by atoms with E-state index in [2.05, 4.69) is 52.8 Å². The molecule has 0 atom stereocenters. The molecule has 0 fully saturated rings. The van der Waals surface area contributed by atoms with Crippen molar-refractivity contribution in [3.05, 3.63) is 42.5 Å². The number of carbonyl (C=O) groups is 1. The molecule has 0 aliphatic carbocycles. The Morgan fingerprint density at radius 1 is 1.15 bits per heavy atom. The number of nitrogens with one attached hydrogen (secondary N) is 2. The van der Waals surface area contributed by atoms with Gasteiger partial charge in [-0.15, -0.1) is 0 Å². The molecule has 0 radical (unpaired) electrons. The average molecular weight is 385 g/mol. The molecule has 0 heterocycles. The SMILES string of the molecule is CNc1ccc(N(C)Sc2ccc(NC(C)=O)cc2)cc1N=CC(C)(C)C. The summed E-state index contributed by atoms with van der Waals surface area (Å²) >= 11 is 1.62. The third-order valence-electron chi connectivity index (χ3n) is 3.62. The van der Waals surface area contributed by atoms with Crippen molar-refractivity contribution in [2.75, 3.05) is 29.0 Å². The third kappa shape index (κ3) is 6.64. The summed E-state index contributed by atoms with van der Waals surface area (Å²) < 4.78 is 2.10. The first-order chi connectivity index (χ1) is 12.7. The van der Waals surface area contributed by atoms with Gasteiger partial charge >= 0.3 is 0 Å². The molecule has 1 amide bonds. The van der Waals surface area contributed by atoms with E-state index in [0.717, 1.165) is 27.6 Å². The molecule has 2 rings (SSSR count). The molecule has 0 unspecified atom stereocenters. The molecule has 0 aromatic heterocycles. The van der Waals surface area contributed by atoms with Crippen LogP contribution in [0.1, 0.15) is 27.7 Å². The van der Waals surface area contributed by atoms with Gasteiger partial charge in [-0.3, -0.25) is 9.79 Å². The summed E-state index contributed by atoms with van der Waals surface area (Å²) in [7, 11) is 3.93. The molecule has 0 aliphatic rings. The normalized spacial score (nSPS) is 11.5. The van der Waals surface area contributed by atoms with Crippen LogP contribution in [-0.2, 0) is 4.79 Å². The van der Waals surface area contributed by atoms with E-state index in [1.54, 1.807) is 11.9 Å². The van der Waals surface area contributed by atoms with E-state index in [1.807, 2.05) is 50.6 Å². The molecule has 0 aliphatic heterocycles. The van der Waals surface area contributed by atoms with Gasteiger partial charge < -0.3 is 14.9 Å². The van der Waals surface area contributed by atoms with Crippen LogP contribution in [0.2, 0.25) is 0 Å². The summed E-state index contributed by atoms with van der Waals surface area (Å²) in [6.07, 6.45) is 1.97. The maximum atomic E-state index is 11.1. The van der Waals surface area contributed by atoms with E-state index in [1.165, 1.54) is 6.92 Å². The standard InChI is InChI=1S/C21H28N4OS/c1-15(26)24-16-7-10-18(11-8-16)27-25(6)17-9-12-19(22-5)20(13-17)23-14-21(2,3)4/h7-14,22H,1-6H3,(H,24,26). The monoisotopic (exact) mass is 384 g/mol. The van der Waals surface area contributed by atoms with E-state index in [-0.39, 0.29) is 11.3 Å². The van der Waals surface area contributed by atoms with Gasteiger partial charge in [0.25, 0.3) is 0 Å². The summed E-state index contributed by atoms with van der Waals surface area (Å²) in [6.45, 7) is 7.90. The van der Waals surface area contributed by atoms with Crippen LogP contribution in [0, 0.1) is 5.41 Å². The topological polar surface area (TPSA) is 56.7 Å². The lowest BCUT2D eigenvalue weighted by Crippen LogP contribution is -2.08. The highest BCUT2D eigenvalue weighted by Crippen LogP contribution is 2.34. The molecule has 2 N–H and O–H groups in total. The maximum Gasteiger partial charge on any atom is 0.221 e. The molecule has 0 spiro atoms. The lowest BCUT2D eigenvalue weighted by molar-refractivity contribution is -0.114. The summed E-state index contributed by atoms with van der Waals surface area (Å²) in [4.78, 5) is 16.9. The van der Waals surface area contributed by atoms with Gasteiger partial charge in [0.2, 0.25) is 5.91 Å². The van der Waals surface area contributed by atoms with Crippen molar-refractivity contribution in [3.63, 3.8) is 0 Å². The van der Waals surface area contributed by atoms with Gasteiger partial charge in [-0.25, -0.2) is 0 Å². The van der Waals surface area contributed by atoms with Gasteiger partial charge in [-0.1, -0.05) is 20.8 Å². The van der Waals surface area contributed by atoms with E-state index in [9.17, 15) is 4.79 Å². The van der Waals surface area contributed by atoms with Crippen molar-refractivity contribution >= 4 is 46.8 Å². The Morgan fingerprint density at radius 2 is 1.81 bits per heavy atom. The number of carbonyl (C=O) groups excluding carboxylic acids is 1. The molecule has 2 aromatic carbocycles. The van der Waals surface area contributed by atoms with E-state index < -0.39 is 0 Å². The van der Waals surface area contributed by atoms with E-state index >= 15 is 0 Å². The number of anilines is 3. The van der Waals surface area contributed by atoms with E-state index in [0.29, 0.717) is 0 Å². The smallest absolute Gasteiger partial charge is 0.221 e. The second-order valence-corrected chi connectivity index (χ2v) is 8.57. The number of amides is 1. The van der Waals surface area contributed by atoms with Crippen molar-refractivity contribution in [2.24, 2.45) is 10.4 Å². The first kappa shape index (κ1) is 20.8. The fraction of sp³-hybridized carbons (Fsp3) is 0.333. The Morgan fingerprint density at radius 3 is 2.37 bits per heavy atom. The van der Waals surface area contributed by atoms with Crippen LogP contribution in [0.3, 0.4) is 0 Å². The molecule has 6 heteroatoms. The fourth-order valence-corrected chi connectivity index (χ4v) is 3.10. The minimum Gasteiger partial charge on any atom is -0.386 e. The van der Waals surface area contributed by atoms with Crippen LogP contribution >= 0.6 is 11.9 Å². The van der Waals surface area contributed by atoms with Crippen molar-refractivity contribution in [3.8, 4) is 0 Å². The van der Waals surface area contributed by atoms with Crippen molar-refractivity contribution in [2.45, 2.75) is 32.6 Å². The molecule has 27 heavy (non-hydrogen) atoms. The number of aliphatic imine (C=N–C) groups is 1. The Balaban J connectivity index is 2.17. The van der Waals surface area contributed by atoms with Crippen molar-refractivity contribution in [1.29, 1.82) is 0 Å². The molecule has 0 saturated heterocycles. The van der Waals surface area contributed by atoms with Crippen LogP contribution in [0.5, 0.6) is 0 Å². The number of nitrogens with zero attached hydrogens (tertiary/aromatic N) is 2. The zero-order valence-corrected chi connectivity index (χ0v) is 17.6. The first-order valence-electron chi connectivity index (χ1n) is 8.84. The summed E-state index contributed by atoms with van der Waals surface area (Å²) in [6, 6.07) is 14.0. The van der Waals surface area contributed by atoms with Crippen molar-refractivity contribution < 1.29 is 4.79 Å². The predicted molar refractivity (Wildman–Crippen MR) is 119 cm³/mol. The second-order valence-electron chi connectivity index (χ2n) is 7.37. The molecular formula is C21H28N4OS. The van der Waals surface area contributed by atoms with Crippen LogP contribution in [-0.4, -0.2) is 26.2 Å². The third-order valence-corrected chi connectivity index (χ3v) is 4.59. The summed E-state index contributed by atoms with van der Waals surface area (Å²) in [5.41, 5.74) is 3.80. The lowest BCUT2D eigenvalue weighted by atomic mass is 9.99. The number of hydrogen-bond donors (Lipinski definition) is 2. The molecule has 0 bridgehead atoms. The van der Waals surface area contributed by atoms with Crippen molar-refractivity contribution in [1.82, 2.24) is 0 Å². The summed E-state index contributed by atoms with van der Waals surface area (Å²) in [5.74, 6) is -0.0690. The summed E-state index contributed by atoms with van der Waals surface area (Å²) in [5, 5.41) is 5.97. The van der Waals surface area contributed by atoms with Gasteiger partial charge in [0.15, 0.2) is 0 Å². The minimum absolute atomic E-state index is 0.0251. The predicted octanol–water partition coefficient (Wildman–Crippen LogP) is 5.58. The Hall–Kier alpha value is -2.47. The molecule has 5 nitrogen and oxygen atoms in total. The van der Waals surface area contributed by atoms with Crippen LogP contribution in [0.15, 0.2) is 52.4 Å². The molecule has 144 valence electrons. The maximum absolute atomic E-state index is 11.1. The van der Waals surface area contributed by atoms with Gasteiger partial charge in [-0.05, 0) is 59.8 Å². The minimum atomic E-state index is -0.0690. The van der Waals surface area contributed by atoms with Gasteiger partial charge in [-0.2, -0.15) is 0 Å². The Bertz CT molecular complexity index is 810. The zero-order chi connectivity index (χ0) is 20.0. The highest BCUT2D eigenvalue weighted by Gasteiger charge is 2.10. The van der Waals surface area contributed by atoms with Gasteiger partial charge in [0.1, 0.15) is 0 Å². The molecule has 2 aromatic rings. The Labute approximate surface area is 166 Å². The van der Waals surface area contributed by atoms with Gasteiger partial charge in [0.05, 0.1) is 11.4 Å². The van der Waals surface area contributed by atoms with E-state index in [4.69, 9.17) is 0 Å². The fourth-order valence-electron chi connectivity index (χ4n) is 2.31. The first-order valence-corrected chi connectivity index (χ1v) is 9.61. The molecular weight excluding hydrogens is 356 g/mol. The number of benzene rings is 2.